The van der Waals surface area contributed by atoms with Gasteiger partial charge in [-0.15, -0.1) is 0 Å². The Balaban J connectivity index is 1.94. The molecule has 4 heteroatoms. The van der Waals surface area contributed by atoms with Crippen LogP contribution in [0.1, 0.15) is 18.4 Å². The minimum Gasteiger partial charge on any atom is -0.382 e. The third-order valence-corrected chi connectivity index (χ3v) is 3.08. The summed E-state index contributed by atoms with van der Waals surface area (Å²) in [5.41, 5.74) is 2.10. The van der Waals surface area contributed by atoms with Crippen LogP contribution in [-0.2, 0) is 4.79 Å². The summed E-state index contributed by atoms with van der Waals surface area (Å²) in [6.45, 7) is 2.76. The Morgan fingerprint density at radius 2 is 2.38 bits per heavy atom. The van der Waals surface area contributed by atoms with Crippen LogP contribution in [0.25, 0.3) is 0 Å². The molecule has 1 aromatic rings. The maximum atomic E-state index is 11.0. The minimum atomic E-state index is 0.141. The van der Waals surface area contributed by atoms with Gasteiger partial charge in [0.2, 0.25) is 5.91 Å². The van der Waals surface area contributed by atoms with E-state index >= 15 is 0 Å². The molecule has 1 aromatic carbocycles. The molecule has 1 amide bonds. The van der Waals surface area contributed by atoms with Crippen molar-refractivity contribution in [3.8, 4) is 0 Å². The van der Waals surface area contributed by atoms with Crippen LogP contribution in [0.5, 0.6) is 0 Å². The number of rotatable bonds is 3. The Morgan fingerprint density at radius 3 is 3.06 bits per heavy atom. The Hall–Kier alpha value is -1.22. The molecule has 3 nitrogen and oxygen atoms in total. The number of hydrogen-bond acceptors (Lipinski definition) is 2. The Labute approximate surface area is 100 Å². The van der Waals surface area contributed by atoms with Crippen LogP contribution in [0.2, 0.25) is 5.02 Å². The van der Waals surface area contributed by atoms with Gasteiger partial charge in [-0.25, -0.2) is 0 Å². The molecule has 0 bridgehead atoms. The van der Waals surface area contributed by atoms with Crippen molar-refractivity contribution in [2.45, 2.75) is 25.8 Å². The average Bonchev–Trinajstić information content (AvgIpc) is 2.66. The number of carbonyl (C=O) groups is 1. The molecular weight excluding hydrogens is 224 g/mol. The lowest BCUT2D eigenvalue weighted by Crippen LogP contribution is -2.31. The predicted molar refractivity (Wildman–Crippen MR) is 65.8 cm³/mol. The molecule has 0 radical (unpaired) electrons. The lowest BCUT2D eigenvalue weighted by molar-refractivity contribution is -0.119. The molecule has 1 aliphatic rings. The lowest BCUT2D eigenvalue weighted by atomic mass is 10.2. The Morgan fingerprint density at radius 1 is 1.56 bits per heavy atom. The minimum absolute atomic E-state index is 0.141. The largest absolute Gasteiger partial charge is 0.382 e. The number of hydrogen-bond donors (Lipinski definition) is 2. The summed E-state index contributed by atoms with van der Waals surface area (Å²) < 4.78 is 0. The molecule has 0 spiro atoms. The molecule has 2 rings (SSSR count). The maximum Gasteiger partial charge on any atom is 0.220 e. The highest BCUT2D eigenvalue weighted by molar-refractivity contribution is 6.33. The van der Waals surface area contributed by atoms with Crippen molar-refractivity contribution in [2.75, 3.05) is 11.9 Å². The van der Waals surface area contributed by atoms with Gasteiger partial charge < -0.3 is 10.6 Å². The summed E-state index contributed by atoms with van der Waals surface area (Å²) in [5, 5.41) is 6.90. The van der Waals surface area contributed by atoms with Crippen molar-refractivity contribution < 1.29 is 4.79 Å². The van der Waals surface area contributed by atoms with Crippen molar-refractivity contribution >= 4 is 23.2 Å². The van der Waals surface area contributed by atoms with E-state index < -0.39 is 0 Å². The number of carbonyl (C=O) groups excluding carboxylic acids is 1. The van der Waals surface area contributed by atoms with Crippen molar-refractivity contribution in [1.29, 1.82) is 0 Å². The first-order chi connectivity index (χ1) is 7.65. The summed E-state index contributed by atoms with van der Waals surface area (Å²) in [7, 11) is 0. The smallest absolute Gasteiger partial charge is 0.220 e. The summed E-state index contributed by atoms with van der Waals surface area (Å²) in [4.78, 5) is 11.0. The zero-order chi connectivity index (χ0) is 11.5. The molecule has 0 aliphatic carbocycles. The van der Waals surface area contributed by atoms with Crippen LogP contribution < -0.4 is 10.6 Å². The zero-order valence-corrected chi connectivity index (χ0v) is 9.97. The molecule has 86 valence electrons. The van der Waals surface area contributed by atoms with Crippen molar-refractivity contribution in [2.24, 2.45) is 0 Å². The Kier molecular flexibility index (Phi) is 3.34. The highest BCUT2D eigenvalue weighted by atomic mass is 35.5. The Bertz CT molecular complexity index is 406. The molecule has 2 N–H and O–H groups in total. The summed E-state index contributed by atoms with van der Waals surface area (Å²) in [5.74, 6) is 0.141. The van der Waals surface area contributed by atoms with Crippen molar-refractivity contribution in [3.05, 3.63) is 28.8 Å². The van der Waals surface area contributed by atoms with E-state index in [2.05, 4.69) is 10.6 Å². The van der Waals surface area contributed by atoms with Crippen LogP contribution in [0.3, 0.4) is 0 Å². The quantitative estimate of drug-likeness (QED) is 0.849. The van der Waals surface area contributed by atoms with E-state index in [1.807, 2.05) is 25.1 Å². The van der Waals surface area contributed by atoms with Gasteiger partial charge in [-0.3, -0.25) is 4.79 Å². The number of benzene rings is 1. The number of halogens is 1. The molecular formula is C12H15ClN2O. The van der Waals surface area contributed by atoms with Crippen LogP contribution in [0.4, 0.5) is 5.69 Å². The van der Waals surface area contributed by atoms with E-state index in [9.17, 15) is 4.79 Å². The highest BCUT2D eigenvalue weighted by Gasteiger charge is 2.20. The number of nitrogens with one attached hydrogen (secondary N) is 2. The molecule has 1 saturated heterocycles. The van der Waals surface area contributed by atoms with Gasteiger partial charge in [-0.2, -0.15) is 0 Å². The first-order valence-corrected chi connectivity index (χ1v) is 5.82. The monoisotopic (exact) mass is 238 g/mol. The predicted octanol–water partition coefficient (Wildman–Crippen LogP) is 2.34. The number of anilines is 1. The normalized spacial score (nSPS) is 19.6. The number of aryl methyl sites for hydroxylation is 1. The van der Waals surface area contributed by atoms with E-state index in [-0.39, 0.29) is 11.9 Å². The van der Waals surface area contributed by atoms with Crippen LogP contribution >= 0.6 is 11.6 Å². The standard InChI is InChI=1S/C12H15ClN2O/c1-8-2-4-10(13)11(6-8)14-7-9-3-5-12(16)15-9/h2,4,6,9,14H,3,5,7H2,1H3,(H,15,16). The lowest BCUT2D eigenvalue weighted by Gasteiger charge is -2.13. The van der Waals surface area contributed by atoms with E-state index in [1.54, 1.807) is 0 Å². The molecule has 1 heterocycles. The average molecular weight is 239 g/mol. The van der Waals surface area contributed by atoms with Crippen molar-refractivity contribution in [1.82, 2.24) is 5.32 Å². The second-order valence-electron chi connectivity index (χ2n) is 4.17. The fourth-order valence-corrected chi connectivity index (χ4v) is 2.02. The molecule has 1 atom stereocenters. The second kappa shape index (κ2) is 4.74. The van der Waals surface area contributed by atoms with Gasteiger partial charge in [0, 0.05) is 19.0 Å². The molecule has 1 fully saturated rings. The molecule has 0 aromatic heterocycles. The van der Waals surface area contributed by atoms with Gasteiger partial charge in [0.25, 0.3) is 0 Å². The maximum absolute atomic E-state index is 11.0. The summed E-state index contributed by atoms with van der Waals surface area (Å²) >= 11 is 6.06. The van der Waals surface area contributed by atoms with Gasteiger partial charge >= 0.3 is 0 Å². The van der Waals surface area contributed by atoms with Crippen LogP contribution in [0.15, 0.2) is 18.2 Å². The van der Waals surface area contributed by atoms with E-state index in [1.165, 1.54) is 5.56 Å². The summed E-state index contributed by atoms with van der Waals surface area (Å²) in [6, 6.07) is 6.10. The molecule has 1 aliphatic heterocycles. The fourth-order valence-electron chi connectivity index (χ4n) is 1.84. The van der Waals surface area contributed by atoms with E-state index in [4.69, 9.17) is 11.6 Å². The van der Waals surface area contributed by atoms with E-state index in [0.717, 1.165) is 23.7 Å². The topological polar surface area (TPSA) is 41.1 Å². The first-order valence-electron chi connectivity index (χ1n) is 5.44. The van der Waals surface area contributed by atoms with Crippen molar-refractivity contribution in [3.63, 3.8) is 0 Å². The third kappa shape index (κ3) is 2.67. The SMILES string of the molecule is Cc1ccc(Cl)c(NCC2CCC(=O)N2)c1. The van der Waals surface area contributed by atoms with Gasteiger partial charge in [-0.05, 0) is 31.0 Å². The molecule has 0 saturated carbocycles. The van der Waals surface area contributed by atoms with Gasteiger partial charge in [0.1, 0.15) is 0 Å². The number of amides is 1. The molecule has 1 unspecified atom stereocenters. The van der Waals surface area contributed by atoms with Crippen LogP contribution in [0, 0.1) is 6.92 Å². The highest BCUT2D eigenvalue weighted by Crippen LogP contribution is 2.23. The third-order valence-electron chi connectivity index (χ3n) is 2.75. The summed E-state index contributed by atoms with van der Waals surface area (Å²) in [6.07, 6.45) is 1.53. The fraction of sp³-hybridized carbons (Fsp3) is 0.417. The zero-order valence-electron chi connectivity index (χ0n) is 9.22. The van der Waals surface area contributed by atoms with E-state index in [0.29, 0.717) is 6.42 Å². The van der Waals surface area contributed by atoms with Gasteiger partial charge in [0.05, 0.1) is 10.7 Å². The molecule has 16 heavy (non-hydrogen) atoms. The van der Waals surface area contributed by atoms with Gasteiger partial charge in [-0.1, -0.05) is 17.7 Å². The van der Waals surface area contributed by atoms with Gasteiger partial charge in [0.15, 0.2) is 0 Å². The second-order valence-corrected chi connectivity index (χ2v) is 4.57. The van der Waals surface area contributed by atoms with Crippen LogP contribution in [-0.4, -0.2) is 18.5 Å². The first kappa shape index (κ1) is 11.3.